The molecular formula is C19H14F2N6O3. The maximum absolute atomic E-state index is 14.9. The van der Waals surface area contributed by atoms with Crippen LogP contribution in [0.5, 0.6) is 0 Å². The fourth-order valence-electron chi connectivity index (χ4n) is 2.88. The second-order valence-corrected chi connectivity index (χ2v) is 6.35. The Balaban J connectivity index is 1.70. The average Bonchev–Trinajstić information content (AvgIpc) is 3.12. The van der Waals surface area contributed by atoms with E-state index in [0.717, 1.165) is 0 Å². The largest absolute Gasteiger partial charge is 0.479 e. The van der Waals surface area contributed by atoms with Gasteiger partial charge in [0, 0.05) is 29.6 Å². The third-order valence-electron chi connectivity index (χ3n) is 4.31. The third kappa shape index (κ3) is 3.64. The van der Waals surface area contributed by atoms with Crippen molar-refractivity contribution in [3.63, 3.8) is 0 Å². The van der Waals surface area contributed by atoms with E-state index in [1.165, 1.54) is 22.8 Å². The molecule has 0 atom stereocenters. The molecule has 11 heteroatoms. The molecular weight excluding hydrogens is 398 g/mol. The molecule has 0 unspecified atom stereocenters. The summed E-state index contributed by atoms with van der Waals surface area (Å²) in [6.45, 7) is 0.989. The summed E-state index contributed by atoms with van der Waals surface area (Å²) in [6, 6.07) is 7.47. The minimum Gasteiger partial charge on any atom is -0.479 e. The Morgan fingerprint density at radius 3 is 2.90 bits per heavy atom. The van der Waals surface area contributed by atoms with E-state index >= 15 is 0 Å². The molecule has 30 heavy (non-hydrogen) atoms. The summed E-state index contributed by atoms with van der Waals surface area (Å²) in [7, 11) is 0. The number of carboxylic acid groups (broad SMARTS) is 1. The molecule has 0 aliphatic heterocycles. The van der Waals surface area contributed by atoms with Crippen molar-refractivity contribution in [3.05, 3.63) is 65.2 Å². The van der Waals surface area contributed by atoms with Gasteiger partial charge in [-0.05, 0) is 31.2 Å². The molecule has 1 N–H and O–H groups in total. The molecule has 4 aromatic rings. The van der Waals surface area contributed by atoms with Gasteiger partial charge in [-0.1, -0.05) is 5.16 Å². The number of hydrogen-bond donors (Lipinski definition) is 1. The highest BCUT2D eigenvalue weighted by molar-refractivity contribution is 5.96. The highest BCUT2D eigenvalue weighted by Crippen LogP contribution is 2.24. The summed E-state index contributed by atoms with van der Waals surface area (Å²) in [5, 5.41) is 24.8. The molecule has 0 radical (unpaired) electrons. The Bertz CT molecular complexity index is 1300. The van der Waals surface area contributed by atoms with Gasteiger partial charge in [0.15, 0.2) is 11.5 Å². The van der Waals surface area contributed by atoms with Crippen LogP contribution in [-0.4, -0.2) is 48.2 Å². The van der Waals surface area contributed by atoms with Crippen LogP contribution in [0.15, 0.2) is 41.7 Å². The molecule has 0 saturated carbocycles. The number of aliphatic carboxylic acids is 1. The number of benzene rings is 1. The summed E-state index contributed by atoms with van der Waals surface area (Å²) in [6.07, 6.45) is 1.27. The maximum Gasteiger partial charge on any atom is 0.344 e. The highest BCUT2D eigenvalue weighted by Gasteiger charge is 2.18. The van der Waals surface area contributed by atoms with Crippen LogP contribution in [0.3, 0.4) is 0 Å². The molecule has 0 fully saturated rings. The van der Waals surface area contributed by atoms with Crippen LogP contribution in [0.1, 0.15) is 24.0 Å². The van der Waals surface area contributed by atoms with Crippen LogP contribution >= 0.6 is 0 Å². The van der Waals surface area contributed by atoms with Crippen molar-refractivity contribution in [1.29, 1.82) is 0 Å². The Kier molecular flexibility index (Phi) is 5.00. The molecule has 1 aromatic carbocycles. The summed E-state index contributed by atoms with van der Waals surface area (Å²) in [5.41, 5.74) is 1.09. The quantitative estimate of drug-likeness (QED) is 0.382. The predicted molar refractivity (Wildman–Crippen MR) is 101 cm³/mol. The van der Waals surface area contributed by atoms with Crippen molar-refractivity contribution in [2.45, 2.75) is 13.3 Å². The second-order valence-electron chi connectivity index (χ2n) is 6.35. The molecule has 0 amide bonds. The van der Waals surface area contributed by atoms with Gasteiger partial charge in [0.2, 0.25) is 6.61 Å². The summed E-state index contributed by atoms with van der Waals surface area (Å²) < 4.78 is 30.8. The smallest absolute Gasteiger partial charge is 0.344 e. The summed E-state index contributed by atoms with van der Waals surface area (Å²) in [5.74, 6) is -2.41. The van der Waals surface area contributed by atoms with Crippen LogP contribution in [0.4, 0.5) is 8.78 Å². The first-order valence-electron chi connectivity index (χ1n) is 8.75. The monoisotopic (exact) mass is 412 g/mol. The van der Waals surface area contributed by atoms with E-state index in [1.54, 1.807) is 25.1 Å². The Hall–Kier alpha value is -4.02. The molecule has 0 spiro atoms. The van der Waals surface area contributed by atoms with Gasteiger partial charge in [0.25, 0.3) is 0 Å². The lowest BCUT2D eigenvalue weighted by Crippen LogP contribution is -2.09. The van der Waals surface area contributed by atoms with Gasteiger partial charge in [-0.25, -0.2) is 13.6 Å². The zero-order valence-corrected chi connectivity index (χ0v) is 15.6. The normalized spacial score (nSPS) is 11.9. The van der Waals surface area contributed by atoms with Crippen molar-refractivity contribution in [2.24, 2.45) is 5.16 Å². The average molecular weight is 412 g/mol. The Labute approximate surface area is 167 Å². The Morgan fingerprint density at radius 2 is 2.10 bits per heavy atom. The highest BCUT2D eigenvalue weighted by atomic mass is 19.1. The lowest BCUT2D eigenvalue weighted by Gasteiger charge is -2.07. The number of rotatable bonds is 6. The SMILES string of the molecule is C/C(=N\OCC(=O)O)c1ccc2nnc(Cc3c(F)cc4ncccc4c3F)n2n1. The molecule has 0 saturated heterocycles. The van der Waals surface area contributed by atoms with E-state index in [1.807, 2.05) is 0 Å². The number of carboxylic acids is 1. The van der Waals surface area contributed by atoms with Crippen molar-refractivity contribution >= 4 is 28.2 Å². The van der Waals surface area contributed by atoms with E-state index in [4.69, 9.17) is 9.94 Å². The number of aromatic nitrogens is 5. The van der Waals surface area contributed by atoms with Crippen LogP contribution in [0.2, 0.25) is 0 Å². The topological polar surface area (TPSA) is 115 Å². The van der Waals surface area contributed by atoms with Crippen molar-refractivity contribution in [2.75, 3.05) is 6.61 Å². The molecule has 9 nitrogen and oxygen atoms in total. The molecule has 0 aliphatic carbocycles. The van der Waals surface area contributed by atoms with Crippen molar-refractivity contribution in [1.82, 2.24) is 24.8 Å². The summed E-state index contributed by atoms with van der Waals surface area (Å²) >= 11 is 0. The zero-order chi connectivity index (χ0) is 21.3. The fraction of sp³-hybridized carbons (Fsp3) is 0.158. The number of oxime groups is 1. The number of hydrogen-bond acceptors (Lipinski definition) is 7. The predicted octanol–water partition coefficient (Wildman–Crippen LogP) is 2.37. The van der Waals surface area contributed by atoms with Crippen molar-refractivity contribution < 1.29 is 23.5 Å². The van der Waals surface area contributed by atoms with E-state index in [2.05, 4.69) is 25.4 Å². The second kappa shape index (κ2) is 7.78. The first-order chi connectivity index (χ1) is 14.4. The van der Waals surface area contributed by atoms with E-state index < -0.39 is 24.2 Å². The van der Waals surface area contributed by atoms with E-state index in [-0.39, 0.29) is 28.7 Å². The lowest BCUT2D eigenvalue weighted by atomic mass is 10.1. The van der Waals surface area contributed by atoms with Crippen LogP contribution in [0, 0.1) is 11.6 Å². The first kappa shape index (κ1) is 19.3. The number of nitrogens with zero attached hydrogens (tertiary/aromatic N) is 6. The minimum absolute atomic E-state index is 0.174. The van der Waals surface area contributed by atoms with Crippen LogP contribution in [-0.2, 0) is 16.1 Å². The van der Waals surface area contributed by atoms with Crippen LogP contribution < -0.4 is 0 Å². The number of pyridine rings is 1. The van der Waals surface area contributed by atoms with Gasteiger partial charge < -0.3 is 9.94 Å². The van der Waals surface area contributed by atoms with Gasteiger partial charge in [-0.15, -0.1) is 10.2 Å². The summed E-state index contributed by atoms with van der Waals surface area (Å²) in [4.78, 5) is 19.2. The van der Waals surface area contributed by atoms with Gasteiger partial charge in [0.1, 0.15) is 23.0 Å². The van der Waals surface area contributed by atoms with Crippen molar-refractivity contribution in [3.8, 4) is 0 Å². The van der Waals surface area contributed by atoms with Gasteiger partial charge in [-0.2, -0.15) is 9.61 Å². The molecule has 4 rings (SSSR count). The first-order valence-corrected chi connectivity index (χ1v) is 8.75. The van der Waals surface area contributed by atoms with E-state index in [9.17, 15) is 13.6 Å². The molecule has 3 aromatic heterocycles. The van der Waals surface area contributed by atoms with E-state index in [0.29, 0.717) is 17.1 Å². The number of halogens is 2. The third-order valence-corrected chi connectivity index (χ3v) is 4.31. The lowest BCUT2D eigenvalue weighted by molar-refractivity contribution is -0.142. The fourth-order valence-corrected chi connectivity index (χ4v) is 2.88. The standard InChI is InChI=1S/C19H14F2N6O3/c1-10(26-30-9-18(28)29)14-4-5-16-23-24-17(27(16)25-14)7-12-13(20)8-15-11(19(12)21)3-2-6-22-15/h2-6,8H,7,9H2,1H3,(H,28,29)/b26-10+. The molecule has 0 aliphatic rings. The minimum atomic E-state index is -1.16. The molecule has 152 valence electrons. The van der Waals surface area contributed by atoms with Gasteiger partial charge in [0.05, 0.1) is 5.52 Å². The number of carbonyl (C=O) groups is 1. The van der Waals surface area contributed by atoms with Crippen LogP contribution in [0.25, 0.3) is 16.6 Å². The Morgan fingerprint density at radius 1 is 1.27 bits per heavy atom. The molecule has 0 bridgehead atoms. The molecule has 3 heterocycles. The zero-order valence-electron chi connectivity index (χ0n) is 15.6. The number of fused-ring (bicyclic) bond motifs is 2. The maximum atomic E-state index is 14.9. The van der Waals surface area contributed by atoms with Gasteiger partial charge >= 0.3 is 5.97 Å². The van der Waals surface area contributed by atoms with Gasteiger partial charge in [-0.3, -0.25) is 4.98 Å².